The lowest BCUT2D eigenvalue weighted by Gasteiger charge is -2.33. The van der Waals surface area contributed by atoms with Gasteiger partial charge in [0.1, 0.15) is 0 Å². The number of alkyl halides is 6. The maximum absolute atomic E-state index is 12.0. The first-order valence-electron chi connectivity index (χ1n) is 16.6. The first-order chi connectivity index (χ1) is 24.7. The summed E-state index contributed by atoms with van der Waals surface area (Å²) in [5.41, 5.74) is 2.16. The van der Waals surface area contributed by atoms with E-state index in [4.69, 9.17) is 0 Å². The molecule has 286 valence electrons. The third-order valence-electron chi connectivity index (χ3n) is 8.68. The number of aliphatic hydroxyl groups excluding tert-OH is 1. The zero-order valence-electron chi connectivity index (χ0n) is 29.0. The highest BCUT2D eigenvalue weighted by atomic mass is 32.2. The van der Waals surface area contributed by atoms with Gasteiger partial charge < -0.3 is 10.4 Å². The molecule has 4 aromatic rings. The number of thiophene rings is 1. The van der Waals surface area contributed by atoms with Crippen LogP contribution in [0, 0.1) is 10.1 Å². The molecule has 0 radical (unpaired) electrons. The van der Waals surface area contributed by atoms with Crippen molar-refractivity contribution in [2.45, 2.75) is 86.8 Å². The molecule has 0 amide bonds. The zero-order valence-corrected chi connectivity index (χ0v) is 30.7. The number of rotatable bonds is 13. The number of carbonyl (C=O) groups is 2. The molecule has 8 nitrogen and oxygen atoms in total. The van der Waals surface area contributed by atoms with Crippen LogP contribution in [0.15, 0.2) is 83.1 Å². The first kappa shape index (κ1) is 41.9. The molecule has 5 rings (SSSR count). The maximum Gasteiger partial charge on any atom is 0.458 e. The second-order valence-electron chi connectivity index (χ2n) is 13.4. The quantitative estimate of drug-likeness (QED) is 0.0455. The number of nitrogens with one attached hydrogen (secondary N) is 1. The van der Waals surface area contributed by atoms with Gasteiger partial charge in [-0.25, -0.2) is 0 Å². The Morgan fingerprint density at radius 3 is 2.21 bits per heavy atom. The van der Waals surface area contributed by atoms with Gasteiger partial charge in [0.25, 0.3) is 5.69 Å². The summed E-state index contributed by atoms with van der Waals surface area (Å²) in [5.74, 6) is -6.81. The molecule has 1 saturated heterocycles. The third-order valence-corrected chi connectivity index (χ3v) is 11.1. The van der Waals surface area contributed by atoms with Crippen LogP contribution in [0.25, 0.3) is 10.8 Å². The summed E-state index contributed by atoms with van der Waals surface area (Å²) in [4.78, 5) is 35.1. The van der Waals surface area contributed by atoms with Gasteiger partial charge in [0, 0.05) is 40.9 Å². The monoisotopic (exact) mass is 783 g/mol. The highest BCUT2D eigenvalue weighted by molar-refractivity contribution is 7.99. The van der Waals surface area contributed by atoms with E-state index in [1.807, 2.05) is 23.6 Å². The highest BCUT2D eigenvalue weighted by Crippen LogP contribution is 2.41. The Morgan fingerprint density at radius 1 is 0.962 bits per heavy atom. The summed E-state index contributed by atoms with van der Waals surface area (Å²) >= 11 is 3.20. The van der Waals surface area contributed by atoms with Crippen molar-refractivity contribution in [3.05, 3.63) is 104 Å². The van der Waals surface area contributed by atoms with E-state index in [1.165, 1.54) is 33.0 Å². The molecule has 1 aliphatic heterocycles. The number of halogens is 6. The molecule has 3 aromatic carbocycles. The number of carbonyl (C=O) groups excluding carboxylic acids is 2. The molecule has 0 spiro atoms. The molecule has 0 aliphatic carbocycles. The fraction of sp³-hybridized carbons (Fsp3) is 0.405. The number of nitrogens with zero attached hydrogens (tertiary/aromatic N) is 2. The summed E-state index contributed by atoms with van der Waals surface area (Å²) in [6.07, 6.45) is -9.28. The van der Waals surface area contributed by atoms with E-state index >= 15 is 0 Å². The van der Waals surface area contributed by atoms with E-state index < -0.39 is 30.0 Å². The van der Waals surface area contributed by atoms with Crippen LogP contribution in [-0.2, 0) is 22.6 Å². The molecule has 0 saturated carbocycles. The smallest absolute Gasteiger partial charge is 0.390 e. The number of fused-ring (bicyclic) bond motifs is 1. The topological polar surface area (TPSA) is 113 Å². The molecule has 2 heterocycles. The highest BCUT2D eigenvalue weighted by Gasteiger charge is 2.54. The molecule has 16 heteroatoms. The summed E-state index contributed by atoms with van der Waals surface area (Å²) in [6, 6.07) is 24.7. The van der Waals surface area contributed by atoms with Crippen molar-refractivity contribution in [3.8, 4) is 0 Å². The summed E-state index contributed by atoms with van der Waals surface area (Å²) in [5, 5.41) is 31.5. The van der Waals surface area contributed by atoms with Gasteiger partial charge in [-0.3, -0.25) is 24.6 Å². The van der Waals surface area contributed by atoms with E-state index in [1.54, 1.807) is 17.4 Å². The molecule has 1 unspecified atom stereocenters. The van der Waals surface area contributed by atoms with Crippen LogP contribution in [0.4, 0.5) is 32.0 Å². The summed E-state index contributed by atoms with van der Waals surface area (Å²) in [7, 11) is 0. The van der Waals surface area contributed by atoms with Crippen LogP contribution in [0.2, 0.25) is 0 Å². The molecular weight excluding hydrogens is 745 g/mol. The second kappa shape index (κ2) is 17.5. The molecule has 0 bridgehead atoms. The van der Waals surface area contributed by atoms with Crippen LogP contribution in [0.3, 0.4) is 0 Å². The molecule has 2 N–H and O–H groups in total. The molecule has 1 aromatic heterocycles. The number of thioether (sulfide) groups is 1. The van der Waals surface area contributed by atoms with E-state index in [2.05, 4.69) is 79.5 Å². The SMILES string of the molecule is CC(Sc1ccc(CN2CCC[C@@H]2[C@H](O)CNC(C)(C)Cc2ccc3ccccc3c2)cc1[N+](=O)[O-])c1cccs1.O=C(C(=O)C(F)(F)F)C(F)(F)F. The van der Waals surface area contributed by atoms with Crippen LogP contribution in [-0.4, -0.2) is 69.6 Å². The average Bonchev–Trinajstić information content (AvgIpc) is 3.80. The Hall–Kier alpha value is -3.83. The Labute approximate surface area is 310 Å². The molecule has 1 fully saturated rings. The molecule has 1 aliphatic rings. The summed E-state index contributed by atoms with van der Waals surface area (Å²) in [6.45, 7) is 8.41. The zero-order chi connectivity index (χ0) is 39.1. The van der Waals surface area contributed by atoms with E-state index in [0.29, 0.717) is 18.0 Å². The molecule has 53 heavy (non-hydrogen) atoms. The fourth-order valence-corrected chi connectivity index (χ4v) is 8.04. The largest absolute Gasteiger partial charge is 0.458 e. The lowest BCUT2D eigenvalue weighted by molar-refractivity contribution is -0.387. The van der Waals surface area contributed by atoms with E-state index in [9.17, 15) is 51.2 Å². The average molecular weight is 784 g/mol. The van der Waals surface area contributed by atoms with E-state index in [-0.39, 0.29) is 27.4 Å². The number of likely N-dealkylation sites (tertiary alicyclic amines) is 1. The van der Waals surface area contributed by atoms with Crippen molar-refractivity contribution in [1.82, 2.24) is 10.2 Å². The second-order valence-corrected chi connectivity index (χ2v) is 15.7. The van der Waals surface area contributed by atoms with Gasteiger partial charge in [0.2, 0.25) is 0 Å². The first-order valence-corrected chi connectivity index (χ1v) is 18.4. The number of nitro groups is 1. The van der Waals surface area contributed by atoms with Crippen molar-refractivity contribution in [2.75, 3.05) is 13.1 Å². The van der Waals surface area contributed by atoms with Crippen molar-refractivity contribution < 1.29 is 46.0 Å². The van der Waals surface area contributed by atoms with Gasteiger partial charge in [-0.05, 0) is 86.0 Å². The van der Waals surface area contributed by atoms with Gasteiger partial charge in [0.15, 0.2) is 0 Å². The Kier molecular flexibility index (Phi) is 13.9. The Bertz CT molecular complexity index is 1860. The van der Waals surface area contributed by atoms with Crippen LogP contribution in [0.5, 0.6) is 0 Å². The van der Waals surface area contributed by atoms with E-state index in [0.717, 1.165) is 31.4 Å². The number of β-amino-alcohol motifs (C(OH)–C–C–N with tert-alkyl or cyclic N) is 1. The number of hydrogen-bond acceptors (Lipinski definition) is 9. The summed E-state index contributed by atoms with van der Waals surface area (Å²) < 4.78 is 67.0. The molecule has 3 atom stereocenters. The Morgan fingerprint density at radius 2 is 1.60 bits per heavy atom. The van der Waals surface area contributed by atoms with Gasteiger partial charge in [-0.1, -0.05) is 54.6 Å². The number of Topliss-reactive ketones (excluding diaryl/α,β-unsaturated/α-hetero) is 2. The lowest BCUT2D eigenvalue weighted by atomic mass is 9.93. The number of aliphatic hydroxyl groups is 1. The van der Waals surface area contributed by atoms with Crippen LogP contribution < -0.4 is 5.32 Å². The maximum atomic E-state index is 12.0. The normalized spacial score (nSPS) is 16.5. The standard InChI is InChI=1S/C33H39N3O3S2.C4F6O2/c1-23(31-11-7-17-40-31)41-32-15-13-25(19-29(32)36(38)39)22-35-16-6-10-28(35)30(37)21-34-33(2,3)20-24-12-14-26-8-4-5-9-27(26)18-24;5-3(6,7)1(11)2(12)4(8,9)10/h4-5,7-9,11-15,17-19,23,28,30,34,37H,6,10,16,20-22H2,1-3H3;/t23?,28-,30-;/m1./s1. The molecular formula is C37H39F6N3O5S2. The number of hydrogen-bond donors (Lipinski definition) is 2. The van der Waals surface area contributed by atoms with Gasteiger partial charge in [-0.15, -0.1) is 23.1 Å². The predicted molar refractivity (Wildman–Crippen MR) is 193 cm³/mol. The van der Waals surface area contributed by atoms with Crippen LogP contribution >= 0.6 is 23.1 Å². The van der Waals surface area contributed by atoms with Crippen molar-refractivity contribution in [1.29, 1.82) is 0 Å². The lowest BCUT2D eigenvalue weighted by Crippen LogP contribution is -2.50. The number of ketones is 2. The Balaban J connectivity index is 0.000000450. The number of benzene rings is 3. The van der Waals surface area contributed by atoms with Gasteiger partial charge in [-0.2, -0.15) is 26.3 Å². The fourth-order valence-electron chi connectivity index (χ4n) is 6.09. The minimum Gasteiger partial charge on any atom is -0.390 e. The van der Waals surface area contributed by atoms with Crippen molar-refractivity contribution in [2.24, 2.45) is 0 Å². The van der Waals surface area contributed by atoms with Crippen molar-refractivity contribution >= 4 is 51.1 Å². The van der Waals surface area contributed by atoms with Gasteiger partial charge in [0.05, 0.1) is 15.9 Å². The third kappa shape index (κ3) is 11.8. The van der Waals surface area contributed by atoms with Crippen LogP contribution in [0.1, 0.15) is 54.9 Å². The predicted octanol–water partition coefficient (Wildman–Crippen LogP) is 8.85. The van der Waals surface area contributed by atoms with Gasteiger partial charge >= 0.3 is 23.9 Å². The number of nitro benzene ring substituents is 1. The van der Waals surface area contributed by atoms with Crippen molar-refractivity contribution in [3.63, 3.8) is 0 Å². The minimum absolute atomic E-state index is 0.0194. The minimum atomic E-state index is -5.77.